The lowest BCUT2D eigenvalue weighted by atomic mass is 10.0. The molecule has 0 unspecified atom stereocenters. The van der Waals surface area contributed by atoms with Crippen LogP contribution in [-0.2, 0) is 11.4 Å². The van der Waals surface area contributed by atoms with Crippen molar-refractivity contribution in [1.29, 1.82) is 0 Å². The zero-order chi connectivity index (χ0) is 20.1. The highest BCUT2D eigenvalue weighted by atomic mass is 16.5. The summed E-state index contributed by atoms with van der Waals surface area (Å²) in [7, 11) is 0. The van der Waals surface area contributed by atoms with Gasteiger partial charge >= 0.3 is 0 Å². The van der Waals surface area contributed by atoms with E-state index < -0.39 is 0 Å². The van der Waals surface area contributed by atoms with Gasteiger partial charge in [-0.05, 0) is 66.4 Å². The van der Waals surface area contributed by atoms with Crippen LogP contribution < -0.4 is 10.1 Å². The van der Waals surface area contributed by atoms with Crippen LogP contribution in [0.15, 0.2) is 59.0 Å². The van der Waals surface area contributed by atoms with Gasteiger partial charge in [-0.1, -0.05) is 26.0 Å². The minimum Gasteiger partial charge on any atom is -0.484 e. The molecule has 0 aliphatic carbocycles. The Balaban J connectivity index is 1.58. The highest BCUT2D eigenvalue weighted by molar-refractivity contribution is 5.92. The van der Waals surface area contributed by atoms with Crippen LogP contribution in [0.3, 0.4) is 0 Å². The van der Waals surface area contributed by atoms with Crippen LogP contribution in [0, 0.1) is 6.92 Å². The molecule has 5 heteroatoms. The molecule has 0 aliphatic heterocycles. The lowest BCUT2D eigenvalue weighted by Crippen LogP contribution is -2.20. The van der Waals surface area contributed by atoms with Gasteiger partial charge in [-0.15, -0.1) is 0 Å². The number of amides is 1. The molecular weight excluding hydrogens is 354 g/mol. The molecule has 0 fully saturated rings. The second-order valence-electron chi connectivity index (χ2n) is 7.01. The van der Waals surface area contributed by atoms with Crippen molar-refractivity contribution in [3.63, 3.8) is 0 Å². The molecule has 28 heavy (non-hydrogen) atoms. The number of furan rings is 1. The van der Waals surface area contributed by atoms with Crippen LogP contribution in [0.25, 0.3) is 11.3 Å². The summed E-state index contributed by atoms with van der Waals surface area (Å²) in [4.78, 5) is 12.2. The predicted octanol–water partition coefficient (Wildman–Crippen LogP) is 4.89. The van der Waals surface area contributed by atoms with Crippen LogP contribution in [-0.4, -0.2) is 17.6 Å². The summed E-state index contributed by atoms with van der Waals surface area (Å²) >= 11 is 0. The molecule has 2 N–H and O–H groups in total. The molecular formula is C23H25NO4. The first kappa shape index (κ1) is 19.7. The molecule has 0 saturated carbocycles. The van der Waals surface area contributed by atoms with E-state index in [9.17, 15) is 4.79 Å². The van der Waals surface area contributed by atoms with Gasteiger partial charge in [-0.25, -0.2) is 0 Å². The zero-order valence-corrected chi connectivity index (χ0v) is 16.4. The van der Waals surface area contributed by atoms with Crippen LogP contribution in [0.2, 0.25) is 0 Å². The van der Waals surface area contributed by atoms with E-state index in [0.29, 0.717) is 28.9 Å². The number of anilines is 1. The Morgan fingerprint density at radius 2 is 1.86 bits per heavy atom. The molecule has 1 heterocycles. The maximum Gasteiger partial charge on any atom is 0.262 e. The third-order valence-electron chi connectivity index (χ3n) is 4.51. The minimum absolute atomic E-state index is 0.0557. The molecule has 0 spiro atoms. The Bertz CT molecular complexity index is 941. The van der Waals surface area contributed by atoms with Gasteiger partial charge in [0.1, 0.15) is 23.9 Å². The minimum atomic E-state index is -0.222. The van der Waals surface area contributed by atoms with E-state index in [1.807, 2.05) is 55.5 Å². The number of hydrogen-bond donors (Lipinski definition) is 2. The fraction of sp³-hybridized carbons (Fsp3) is 0.261. The molecule has 146 valence electrons. The summed E-state index contributed by atoms with van der Waals surface area (Å²) < 4.78 is 11.1. The van der Waals surface area contributed by atoms with Crippen molar-refractivity contribution in [2.24, 2.45) is 0 Å². The summed E-state index contributed by atoms with van der Waals surface area (Å²) in [5, 5.41) is 12.0. The number of carbonyl (C=O) groups is 1. The molecule has 0 saturated heterocycles. The first-order valence-electron chi connectivity index (χ1n) is 9.29. The van der Waals surface area contributed by atoms with Gasteiger partial charge in [0.15, 0.2) is 6.61 Å². The summed E-state index contributed by atoms with van der Waals surface area (Å²) in [6, 6.07) is 16.9. The first-order valence-corrected chi connectivity index (χ1v) is 9.29. The molecule has 0 bridgehead atoms. The van der Waals surface area contributed by atoms with Crippen molar-refractivity contribution in [3.05, 3.63) is 71.5 Å². The van der Waals surface area contributed by atoms with Crippen molar-refractivity contribution >= 4 is 11.6 Å². The number of carbonyl (C=O) groups excluding carboxylic acids is 1. The zero-order valence-electron chi connectivity index (χ0n) is 16.4. The maximum atomic E-state index is 12.2. The second-order valence-corrected chi connectivity index (χ2v) is 7.01. The Hall–Kier alpha value is -3.05. The Kier molecular flexibility index (Phi) is 6.16. The molecule has 5 nitrogen and oxygen atoms in total. The van der Waals surface area contributed by atoms with Crippen LogP contribution in [0.4, 0.5) is 5.69 Å². The fourth-order valence-electron chi connectivity index (χ4n) is 2.92. The summed E-state index contributed by atoms with van der Waals surface area (Å²) in [5.74, 6) is 2.11. The van der Waals surface area contributed by atoms with Crippen molar-refractivity contribution in [3.8, 4) is 17.1 Å². The van der Waals surface area contributed by atoms with E-state index >= 15 is 0 Å². The number of hydrogen-bond acceptors (Lipinski definition) is 4. The van der Waals surface area contributed by atoms with Gasteiger partial charge in [-0.2, -0.15) is 0 Å². The SMILES string of the molecule is Cc1cc(NC(=O)COc2ccc(C(C)C)cc2)ccc1-c1ccc(CO)o1. The maximum absolute atomic E-state index is 12.2. The number of benzene rings is 2. The van der Waals surface area contributed by atoms with E-state index in [-0.39, 0.29) is 19.1 Å². The summed E-state index contributed by atoms with van der Waals surface area (Å²) in [5.41, 5.74) is 3.80. The number of rotatable bonds is 7. The van der Waals surface area contributed by atoms with Gasteiger partial charge in [0.2, 0.25) is 0 Å². The third kappa shape index (κ3) is 4.81. The fourth-order valence-corrected chi connectivity index (χ4v) is 2.92. The largest absolute Gasteiger partial charge is 0.484 e. The average molecular weight is 379 g/mol. The smallest absolute Gasteiger partial charge is 0.262 e. The quantitative estimate of drug-likeness (QED) is 0.613. The predicted molar refractivity (Wildman–Crippen MR) is 109 cm³/mol. The van der Waals surface area contributed by atoms with Crippen molar-refractivity contribution in [2.75, 3.05) is 11.9 Å². The molecule has 0 aliphatic rings. The second kappa shape index (κ2) is 8.76. The Morgan fingerprint density at radius 1 is 1.11 bits per heavy atom. The van der Waals surface area contributed by atoms with E-state index in [2.05, 4.69) is 19.2 Å². The average Bonchev–Trinajstić information content (AvgIpc) is 3.16. The van der Waals surface area contributed by atoms with E-state index in [0.717, 1.165) is 11.1 Å². The highest BCUT2D eigenvalue weighted by Gasteiger charge is 2.10. The first-order chi connectivity index (χ1) is 13.5. The standard InChI is InChI=1S/C23H25NO4/c1-15(2)17-4-7-19(8-5-17)27-14-23(26)24-18-6-10-21(16(3)12-18)22-11-9-20(13-25)28-22/h4-12,15,25H,13-14H2,1-3H3,(H,24,26). The monoisotopic (exact) mass is 379 g/mol. The normalized spacial score (nSPS) is 10.9. The Labute approximate surface area is 165 Å². The molecule has 0 radical (unpaired) electrons. The number of aliphatic hydroxyl groups excluding tert-OH is 1. The molecule has 3 rings (SSSR count). The number of ether oxygens (including phenoxy) is 1. The van der Waals surface area contributed by atoms with Crippen molar-refractivity contribution in [2.45, 2.75) is 33.3 Å². The van der Waals surface area contributed by atoms with Gasteiger partial charge in [0.05, 0.1) is 0 Å². The topological polar surface area (TPSA) is 71.7 Å². The lowest BCUT2D eigenvalue weighted by Gasteiger charge is -2.11. The van der Waals surface area contributed by atoms with Crippen LogP contribution in [0.5, 0.6) is 5.75 Å². The molecule has 3 aromatic rings. The number of aryl methyl sites for hydroxylation is 1. The van der Waals surface area contributed by atoms with Gasteiger partial charge in [-0.3, -0.25) is 4.79 Å². The van der Waals surface area contributed by atoms with Crippen molar-refractivity contribution in [1.82, 2.24) is 0 Å². The molecule has 1 amide bonds. The number of aliphatic hydroxyl groups is 1. The van der Waals surface area contributed by atoms with Crippen LogP contribution in [0.1, 0.15) is 36.7 Å². The number of nitrogens with one attached hydrogen (secondary N) is 1. The highest BCUT2D eigenvalue weighted by Crippen LogP contribution is 2.28. The summed E-state index contributed by atoms with van der Waals surface area (Å²) in [6.45, 7) is 6.02. The van der Waals surface area contributed by atoms with E-state index in [1.54, 1.807) is 6.07 Å². The van der Waals surface area contributed by atoms with Crippen LogP contribution >= 0.6 is 0 Å². The molecule has 0 atom stereocenters. The Morgan fingerprint density at radius 3 is 2.46 bits per heavy atom. The summed E-state index contributed by atoms with van der Waals surface area (Å²) in [6.07, 6.45) is 0. The van der Waals surface area contributed by atoms with Crippen molar-refractivity contribution < 1.29 is 19.1 Å². The van der Waals surface area contributed by atoms with E-state index in [4.69, 9.17) is 14.3 Å². The van der Waals surface area contributed by atoms with E-state index in [1.165, 1.54) is 5.56 Å². The van der Waals surface area contributed by atoms with Gasteiger partial charge < -0.3 is 19.6 Å². The lowest BCUT2D eigenvalue weighted by molar-refractivity contribution is -0.118. The molecule has 1 aromatic heterocycles. The molecule has 2 aromatic carbocycles. The van der Waals surface area contributed by atoms with Gasteiger partial charge in [0, 0.05) is 11.3 Å². The third-order valence-corrected chi connectivity index (χ3v) is 4.51. The van der Waals surface area contributed by atoms with Gasteiger partial charge in [0.25, 0.3) is 5.91 Å².